The lowest BCUT2D eigenvalue weighted by molar-refractivity contribution is 0.218. The van der Waals surface area contributed by atoms with Crippen molar-refractivity contribution in [2.75, 3.05) is 32.7 Å². The van der Waals surface area contributed by atoms with Crippen LogP contribution in [-0.4, -0.2) is 55.7 Å². The molecule has 5 nitrogen and oxygen atoms in total. The molecular formula is C20H31FN4O. The fraction of sp³-hybridized carbons (Fsp3) is 0.550. The summed E-state index contributed by atoms with van der Waals surface area (Å²) in [4.78, 5) is 7.01. The second-order valence-corrected chi connectivity index (χ2v) is 6.59. The second-order valence-electron chi connectivity index (χ2n) is 6.59. The van der Waals surface area contributed by atoms with Crippen molar-refractivity contribution in [3.63, 3.8) is 0 Å². The quantitative estimate of drug-likeness (QED) is 0.424. The molecule has 1 atom stereocenters. The van der Waals surface area contributed by atoms with Crippen LogP contribution in [0.1, 0.15) is 26.7 Å². The van der Waals surface area contributed by atoms with E-state index in [0.717, 1.165) is 45.0 Å². The Morgan fingerprint density at radius 2 is 2.15 bits per heavy atom. The van der Waals surface area contributed by atoms with Crippen molar-refractivity contribution in [2.45, 2.75) is 38.8 Å². The van der Waals surface area contributed by atoms with E-state index >= 15 is 0 Å². The standard InChI is InChI=1S/C20H31FN4O/c1-4-12-25-13-10-17(11-14-25)24-20(22-5-2)23-15-16(3)26-19-9-7-6-8-18(19)21/h4,6-9,16-17H,1,5,10-15H2,2-3H3,(H2,22,23,24). The number of rotatable bonds is 8. The van der Waals surface area contributed by atoms with Gasteiger partial charge < -0.3 is 15.4 Å². The molecule has 1 fully saturated rings. The number of likely N-dealkylation sites (tertiary alicyclic amines) is 1. The summed E-state index contributed by atoms with van der Waals surface area (Å²) in [6, 6.07) is 6.86. The first kappa shape index (κ1) is 20.2. The van der Waals surface area contributed by atoms with Crippen molar-refractivity contribution in [3.05, 3.63) is 42.7 Å². The van der Waals surface area contributed by atoms with Gasteiger partial charge >= 0.3 is 0 Å². The molecule has 2 N–H and O–H groups in total. The van der Waals surface area contributed by atoms with E-state index in [2.05, 4.69) is 27.1 Å². The molecule has 0 saturated carbocycles. The monoisotopic (exact) mass is 362 g/mol. The van der Waals surface area contributed by atoms with E-state index in [1.807, 2.05) is 19.9 Å². The number of piperidine rings is 1. The van der Waals surface area contributed by atoms with Crippen molar-refractivity contribution in [1.29, 1.82) is 0 Å². The summed E-state index contributed by atoms with van der Waals surface area (Å²) >= 11 is 0. The van der Waals surface area contributed by atoms with Gasteiger partial charge in [-0.25, -0.2) is 9.38 Å². The van der Waals surface area contributed by atoms with Crippen molar-refractivity contribution in [2.24, 2.45) is 4.99 Å². The number of nitrogens with one attached hydrogen (secondary N) is 2. The Labute approximate surface area is 156 Å². The van der Waals surface area contributed by atoms with Gasteiger partial charge in [0.15, 0.2) is 17.5 Å². The largest absolute Gasteiger partial charge is 0.486 e. The normalized spacial score (nSPS) is 17.6. The number of ether oxygens (including phenoxy) is 1. The minimum absolute atomic E-state index is 0.211. The van der Waals surface area contributed by atoms with Crippen molar-refractivity contribution in [1.82, 2.24) is 15.5 Å². The molecule has 6 heteroatoms. The van der Waals surface area contributed by atoms with E-state index in [-0.39, 0.29) is 17.7 Å². The Kier molecular flexibility index (Phi) is 8.41. The Balaban J connectivity index is 1.84. The zero-order valence-electron chi connectivity index (χ0n) is 15.9. The van der Waals surface area contributed by atoms with Crippen LogP contribution in [0.15, 0.2) is 41.9 Å². The summed E-state index contributed by atoms with van der Waals surface area (Å²) in [5.74, 6) is 0.709. The molecule has 0 bridgehead atoms. The van der Waals surface area contributed by atoms with Gasteiger partial charge in [-0.3, -0.25) is 4.90 Å². The molecule has 1 saturated heterocycles. The minimum atomic E-state index is -0.348. The predicted octanol–water partition coefficient (Wildman–Crippen LogP) is 2.80. The van der Waals surface area contributed by atoms with Gasteiger partial charge in [-0.15, -0.1) is 6.58 Å². The number of guanidine groups is 1. The summed E-state index contributed by atoms with van der Waals surface area (Å²) in [6.07, 6.45) is 3.91. The van der Waals surface area contributed by atoms with Gasteiger partial charge in [0.1, 0.15) is 6.10 Å². The third kappa shape index (κ3) is 6.67. The Hall–Kier alpha value is -2.08. The molecule has 1 aliphatic heterocycles. The van der Waals surface area contributed by atoms with Crippen molar-refractivity contribution < 1.29 is 9.13 Å². The SMILES string of the molecule is C=CCN1CCC(NC(=NCC(C)Oc2ccccc2F)NCC)CC1. The van der Waals surface area contributed by atoms with Crippen LogP contribution in [0.25, 0.3) is 0 Å². The molecule has 0 spiro atoms. The summed E-state index contributed by atoms with van der Waals surface area (Å²) in [6.45, 7) is 12.1. The van der Waals surface area contributed by atoms with Crippen LogP contribution in [0.4, 0.5) is 4.39 Å². The molecule has 0 radical (unpaired) electrons. The first-order valence-electron chi connectivity index (χ1n) is 9.41. The number of nitrogens with zero attached hydrogens (tertiary/aromatic N) is 2. The van der Waals surface area contributed by atoms with Crippen LogP contribution in [0.3, 0.4) is 0 Å². The molecule has 1 aliphatic rings. The highest BCUT2D eigenvalue weighted by atomic mass is 19.1. The van der Waals surface area contributed by atoms with Gasteiger partial charge in [0.25, 0.3) is 0 Å². The van der Waals surface area contributed by atoms with E-state index < -0.39 is 0 Å². The van der Waals surface area contributed by atoms with Crippen LogP contribution in [-0.2, 0) is 0 Å². The number of benzene rings is 1. The number of halogens is 1. The minimum Gasteiger partial charge on any atom is -0.486 e. The Morgan fingerprint density at radius 3 is 2.81 bits per heavy atom. The third-order valence-corrected chi connectivity index (χ3v) is 4.33. The van der Waals surface area contributed by atoms with E-state index in [1.54, 1.807) is 18.2 Å². The van der Waals surface area contributed by atoms with Crippen molar-refractivity contribution >= 4 is 5.96 Å². The highest BCUT2D eigenvalue weighted by Gasteiger charge is 2.19. The lowest BCUT2D eigenvalue weighted by Crippen LogP contribution is -2.48. The lowest BCUT2D eigenvalue weighted by Gasteiger charge is -2.32. The molecular weight excluding hydrogens is 331 g/mol. The molecule has 1 aromatic carbocycles. The number of aliphatic imine (C=N–C) groups is 1. The van der Waals surface area contributed by atoms with Gasteiger partial charge in [-0.2, -0.15) is 0 Å². The first-order valence-corrected chi connectivity index (χ1v) is 9.41. The van der Waals surface area contributed by atoms with Crippen LogP contribution >= 0.6 is 0 Å². The zero-order chi connectivity index (χ0) is 18.8. The molecule has 0 aliphatic carbocycles. The summed E-state index contributed by atoms with van der Waals surface area (Å²) in [7, 11) is 0. The Bertz CT molecular complexity index is 585. The van der Waals surface area contributed by atoms with Gasteiger partial charge in [0.2, 0.25) is 0 Å². The lowest BCUT2D eigenvalue weighted by atomic mass is 10.1. The average molecular weight is 362 g/mol. The number of hydrogen-bond donors (Lipinski definition) is 2. The topological polar surface area (TPSA) is 48.9 Å². The predicted molar refractivity (Wildman–Crippen MR) is 105 cm³/mol. The highest BCUT2D eigenvalue weighted by molar-refractivity contribution is 5.80. The summed E-state index contributed by atoms with van der Waals surface area (Å²) < 4.78 is 19.3. The molecule has 1 aromatic rings. The molecule has 144 valence electrons. The molecule has 0 amide bonds. The smallest absolute Gasteiger partial charge is 0.191 e. The van der Waals surface area contributed by atoms with Crippen LogP contribution in [0.5, 0.6) is 5.75 Å². The van der Waals surface area contributed by atoms with Gasteiger partial charge in [-0.05, 0) is 38.8 Å². The maximum Gasteiger partial charge on any atom is 0.191 e. The van der Waals surface area contributed by atoms with Gasteiger partial charge in [0, 0.05) is 32.2 Å². The summed E-state index contributed by atoms with van der Waals surface area (Å²) in [5.41, 5.74) is 0. The maximum absolute atomic E-state index is 13.7. The molecule has 2 rings (SSSR count). The molecule has 0 aromatic heterocycles. The van der Waals surface area contributed by atoms with Gasteiger partial charge in [0.05, 0.1) is 6.54 Å². The third-order valence-electron chi connectivity index (χ3n) is 4.33. The molecule has 26 heavy (non-hydrogen) atoms. The van der Waals surface area contributed by atoms with Crippen LogP contribution in [0, 0.1) is 5.82 Å². The number of para-hydroxylation sites is 1. The van der Waals surface area contributed by atoms with Crippen LogP contribution < -0.4 is 15.4 Å². The van der Waals surface area contributed by atoms with E-state index in [4.69, 9.17) is 4.74 Å². The van der Waals surface area contributed by atoms with Gasteiger partial charge in [-0.1, -0.05) is 18.2 Å². The second kappa shape index (κ2) is 10.8. The molecule has 1 heterocycles. The fourth-order valence-corrected chi connectivity index (χ4v) is 2.97. The van der Waals surface area contributed by atoms with Crippen LogP contribution in [0.2, 0.25) is 0 Å². The highest BCUT2D eigenvalue weighted by Crippen LogP contribution is 2.17. The zero-order valence-corrected chi connectivity index (χ0v) is 15.9. The average Bonchev–Trinajstić information content (AvgIpc) is 2.64. The van der Waals surface area contributed by atoms with E-state index in [0.29, 0.717) is 12.6 Å². The number of hydrogen-bond acceptors (Lipinski definition) is 3. The Morgan fingerprint density at radius 1 is 1.42 bits per heavy atom. The maximum atomic E-state index is 13.7. The first-order chi connectivity index (χ1) is 12.6. The van der Waals surface area contributed by atoms with E-state index in [9.17, 15) is 4.39 Å². The summed E-state index contributed by atoms with van der Waals surface area (Å²) in [5, 5.41) is 6.78. The fourth-order valence-electron chi connectivity index (χ4n) is 2.97. The van der Waals surface area contributed by atoms with E-state index in [1.165, 1.54) is 6.07 Å². The molecule has 1 unspecified atom stereocenters. The van der Waals surface area contributed by atoms with Crippen molar-refractivity contribution in [3.8, 4) is 5.75 Å².